The summed E-state index contributed by atoms with van der Waals surface area (Å²) in [4.78, 5) is 0. The molecule has 4 heteroatoms. The van der Waals surface area contributed by atoms with Gasteiger partial charge in [-0.05, 0) is 0 Å². The third kappa shape index (κ3) is 6.45. The average molecular weight is 261 g/mol. The fraction of sp³-hybridized carbons (Fsp3) is 0.375. The summed E-state index contributed by atoms with van der Waals surface area (Å²) in [5.74, 6) is 0. The van der Waals surface area contributed by atoms with Crippen molar-refractivity contribution >= 4 is 0 Å². The van der Waals surface area contributed by atoms with Gasteiger partial charge in [0, 0.05) is 0 Å². The zero-order valence-corrected chi connectivity index (χ0v) is 11.1. The SMILES string of the molecule is Cc1cc(C)[c-](C)c1.[Cl-].[Cl-].[Cl-].[Ti+4]. The molecule has 0 radical (unpaired) electrons. The molecule has 1 aromatic rings. The second-order valence-corrected chi connectivity index (χ2v) is 2.40. The molecule has 1 rings (SSSR count). The average Bonchev–Trinajstić information content (AvgIpc) is 1.85. The van der Waals surface area contributed by atoms with Crippen LogP contribution in [0.5, 0.6) is 0 Å². The van der Waals surface area contributed by atoms with Gasteiger partial charge in [0.05, 0.1) is 0 Å². The molecule has 0 nitrogen and oxygen atoms in total. The number of aryl methyl sites for hydroxylation is 3. The Morgan fingerprint density at radius 2 is 1.50 bits per heavy atom. The van der Waals surface area contributed by atoms with E-state index < -0.39 is 0 Å². The Hall–Kier alpha value is 0.934. The molecule has 0 fully saturated rings. The molecule has 0 amide bonds. The van der Waals surface area contributed by atoms with Gasteiger partial charge in [-0.15, -0.1) is 0 Å². The second kappa shape index (κ2) is 10.0. The van der Waals surface area contributed by atoms with Crippen LogP contribution >= 0.6 is 0 Å². The van der Waals surface area contributed by atoms with E-state index in [0.717, 1.165) is 0 Å². The quantitative estimate of drug-likeness (QED) is 0.322. The van der Waals surface area contributed by atoms with E-state index in [9.17, 15) is 0 Å². The van der Waals surface area contributed by atoms with Crippen LogP contribution in [0.25, 0.3) is 0 Å². The maximum Gasteiger partial charge on any atom is 4.00 e. The van der Waals surface area contributed by atoms with Crippen molar-refractivity contribution in [1.29, 1.82) is 0 Å². The predicted molar refractivity (Wildman–Crippen MR) is 36.2 cm³/mol. The maximum absolute atomic E-state index is 2.20. The first kappa shape index (κ1) is 23.1. The summed E-state index contributed by atoms with van der Waals surface area (Å²) < 4.78 is 0. The van der Waals surface area contributed by atoms with Crippen molar-refractivity contribution in [3.05, 3.63) is 28.8 Å². The summed E-state index contributed by atoms with van der Waals surface area (Å²) in [6, 6.07) is 4.41. The summed E-state index contributed by atoms with van der Waals surface area (Å²) in [6.45, 7) is 6.41. The zero-order valence-electron chi connectivity index (χ0n) is 7.29. The third-order valence-electron chi connectivity index (χ3n) is 1.51. The Balaban J connectivity index is -0.0000000800. The molecule has 0 aliphatic rings. The van der Waals surface area contributed by atoms with Crippen molar-refractivity contribution < 1.29 is 58.9 Å². The summed E-state index contributed by atoms with van der Waals surface area (Å²) in [5, 5.41) is 0. The minimum absolute atomic E-state index is 0. The Bertz CT molecular complexity index is 177. The number of hydrogen-bond donors (Lipinski definition) is 0. The van der Waals surface area contributed by atoms with Crippen molar-refractivity contribution in [1.82, 2.24) is 0 Å². The number of rotatable bonds is 0. The van der Waals surface area contributed by atoms with Crippen LogP contribution in [-0.4, -0.2) is 0 Å². The normalized spacial score (nSPS) is 6.58. The van der Waals surface area contributed by atoms with Gasteiger partial charge < -0.3 is 37.2 Å². The Morgan fingerprint density at radius 1 is 1.08 bits per heavy atom. The van der Waals surface area contributed by atoms with Gasteiger partial charge in [0.15, 0.2) is 0 Å². The molecule has 0 N–H and O–H groups in total. The molecule has 68 valence electrons. The molecule has 0 aliphatic carbocycles. The van der Waals surface area contributed by atoms with Crippen LogP contribution in [0.1, 0.15) is 16.7 Å². The Morgan fingerprint density at radius 3 is 1.58 bits per heavy atom. The van der Waals surface area contributed by atoms with Crippen LogP contribution in [-0.2, 0) is 21.7 Å². The Kier molecular flexibility index (Phi) is 19.3. The fourth-order valence-electron chi connectivity index (χ4n) is 0.952. The summed E-state index contributed by atoms with van der Waals surface area (Å²) in [6.07, 6.45) is 0. The largest absolute Gasteiger partial charge is 4.00 e. The van der Waals surface area contributed by atoms with Crippen molar-refractivity contribution in [2.45, 2.75) is 20.8 Å². The molecule has 1 aromatic carbocycles. The van der Waals surface area contributed by atoms with E-state index in [-0.39, 0.29) is 58.9 Å². The minimum Gasteiger partial charge on any atom is -1.00 e. The molecule has 0 saturated carbocycles. The Labute approximate surface area is 108 Å². The van der Waals surface area contributed by atoms with E-state index in [0.29, 0.717) is 0 Å². The first-order valence-electron chi connectivity index (χ1n) is 2.90. The first-order valence-corrected chi connectivity index (χ1v) is 2.90. The van der Waals surface area contributed by atoms with Gasteiger partial charge in [-0.2, -0.15) is 17.2 Å². The molecular formula is C8H11Cl3Ti. The molecule has 0 unspecified atom stereocenters. The van der Waals surface area contributed by atoms with Gasteiger partial charge in [0.25, 0.3) is 0 Å². The molecular weight excluding hydrogens is 250 g/mol. The van der Waals surface area contributed by atoms with Gasteiger partial charge in [0.1, 0.15) is 0 Å². The molecule has 0 aromatic heterocycles. The monoisotopic (exact) mass is 260 g/mol. The van der Waals surface area contributed by atoms with Crippen LogP contribution in [0.2, 0.25) is 0 Å². The predicted octanol–water partition coefficient (Wildman–Crippen LogP) is -6.66. The summed E-state index contributed by atoms with van der Waals surface area (Å²) >= 11 is 0. The van der Waals surface area contributed by atoms with Crippen LogP contribution in [0.4, 0.5) is 0 Å². The second-order valence-electron chi connectivity index (χ2n) is 2.40. The topological polar surface area (TPSA) is 0 Å². The molecule has 12 heavy (non-hydrogen) atoms. The van der Waals surface area contributed by atoms with Crippen LogP contribution < -0.4 is 37.2 Å². The van der Waals surface area contributed by atoms with Gasteiger partial charge in [-0.1, -0.05) is 20.8 Å². The molecule has 0 saturated heterocycles. The van der Waals surface area contributed by atoms with Crippen LogP contribution in [0.15, 0.2) is 12.1 Å². The van der Waals surface area contributed by atoms with Crippen LogP contribution in [0.3, 0.4) is 0 Å². The fourth-order valence-corrected chi connectivity index (χ4v) is 0.952. The minimum atomic E-state index is 0. The molecule has 0 atom stereocenters. The smallest absolute Gasteiger partial charge is 1.00 e. The van der Waals surface area contributed by atoms with E-state index in [1.165, 1.54) is 16.7 Å². The van der Waals surface area contributed by atoms with E-state index in [1.807, 2.05) is 0 Å². The van der Waals surface area contributed by atoms with Crippen molar-refractivity contribution in [3.63, 3.8) is 0 Å². The number of halogens is 3. The molecule has 0 aliphatic heterocycles. The third-order valence-corrected chi connectivity index (χ3v) is 1.51. The van der Waals surface area contributed by atoms with E-state index in [2.05, 4.69) is 32.9 Å². The van der Waals surface area contributed by atoms with Gasteiger partial charge in [0.2, 0.25) is 0 Å². The summed E-state index contributed by atoms with van der Waals surface area (Å²) in [7, 11) is 0. The van der Waals surface area contributed by atoms with E-state index >= 15 is 0 Å². The van der Waals surface area contributed by atoms with E-state index in [4.69, 9.17) is 0 Å². The van der Waals surface area contributed by atoms with Gasteiger partial charge in [-0.25, -0.2) is 11.6 Å². The molecule has 0 spiro atoms. The summed E-state index contributed by atoms with van der Waals surface area (Å²) in [5.41, 5.74) is 4.19. The standard InChI is InChI=1S/C8H11.3ClH.Ti/c1-6-4-7(2)8(3)5-6;;;;/h4-5H,1-3H3;3*1H;/q-1;;;;+4/p-3. The van der Waals surface area contributed by atoms with Crippen LogP contribution in [0, 0.1) is 20.8 Å². The van der Waals surface area contributed by atoms with Gasteiger partial charge >= 0.3 is 21.7 Å². The maximum atomic E-state index is 2.20. The van der Waals surface area contributed by atoms with Crippen molar-refractivity contribution in [3.8, 4) is 0 Å². The molecule has 0 heterocycles. The van der Waals surface area contributed by atoms with Gasteiger partial charge in [-0.3, -0.25) is 0 Å². The van der Waals surface area contributed by atoms with Crippen molar-refractivity contribution in [2.75, 3.05) is 0 Å². The zero-order chi connectivity index (χ0) is 6.15. The van der Waals surface area contributed by atoms with Crippen molar-refractivity contribution in [2.24, 2.45) is 0 Å². The first-order chi connectivity index (χ1) is 3.70. The molecule has 0 bridgehead atoms. The number of hydrogen-bond acceptors (Lipinski definition) is 0. The van der Waals surface area contributed by atoms with E-state index in [1.54, 1.807) is 0 Å².